The first-order valence-electron chi connectivity index (χ1n) is 4.49. The molecule has 0 saturated carbocycles. The number of aryl methyl sites for hydroxylation is 1. The number of rotatable bonds is 3. The van der Waals surface area contributed by atoms with Crippen LogP contribution in [0.15, 0.2) is 28.4 Å². The molecule has 0 radical (unpaired) electrons. The minimum atomic E-state index is 0.805. The molecule has 0 atom stereocenters. The third kappa shape index (κ3) is 2.54. The monoisotopic (exact) mass is 283 g/mol. The van der Waals surface area contributed by atoms with Crippen molar-refractivity contribution in [2.75, 3.05) is 5.32 Å². The molecule has 0 aliphatic heterocycles. The molecule has 2 heterocycles. The maximum Gasteiger partial charge on any atom is 0.0798 e. The molecule has 0 unspecified atom stereocenters. The average molecular weight is 284 g/mol. The average Bonchev–Trinajstić information content (AvgIpc) is 2.63. The number of nitrogens with zero attached hydrogens (tertiary/aromatic N) is 2. The lowest BCUT2D eigenvalue weighted by Gasteiger charge is -2.06. The quantitative estimate of drug-likeness (QED) is 0.940. The molecule has 2 rings (SSSR count). The van der Waals surface area contributed by atoms with E-state index in [9.17, 15) is 0 Å². The maximum absolute atomic E-state index is 4.21. The highest BCUT2D eigenvalue weighted by atomic mass is 79.9. The van der Waals surface area contributed by atoms with E-state index in [1.54, 1.807) is 23.7 Å². The molecular weight excluding hydrogens is 274 g/mol. The Bertz CT molecular complexity index is 455. The third-order valence-electron chi connectivity index (χ3n) is 2.06. The summed E-state index contributed by atoms with van der Waals surface area (Å²) in [7, 11) is 0. The molecule has 0 aliphatic carbocycles. The van der Waals surface area contributed by atoms with Crippen molar-refractivity contribution in [2.45, 2.75) is 13.5 Å². The summed E-state index contributed by atoms with van der Waals surface area (Å²) in [5.74, 6) is 0. The number of nitrogens with one attached hydrogen (secondary N) is 1. The maximum atomic E-state index is 4.21. The Hall–Kier alpha value is -0.940. The lowest BCUT2D eigenvalue weighted by atomic mass is 10.3. The smallest absolute Gasteiger partial charge is 0.0798 e. The Balaban J connectivity index is 2.06. The summed E-state index contributed by atoms with van der Waals surface area (Å²) in [6.07, 6.45) is 3.55. The first-order valence-corrected chi connectivity index (χ1v) is 6.17. The largest absolute Gasteiger partial charge is 0.379 e. The summed E-state index contributed by atoms with van der Waals surface area (Å²) in [6, 6.07) is 1.94. The molecule has 0 aromatic carbocycles. The Morgan fingerprint density at radius 2 is 2.40 bits per heavy atom. The molecule has 0 spiro atoms. The van der Waals surface area contributed by atoms with Crippen LogP contribution in [0.5, 0.6) is 0 Å². The number of pyridine rings is 1. The number of aromatic nitrogens is 2. The van der Waals surface area contributed by atoms with Crippen molar-refractivity contribution in [3.8, 4) is 0 Å². The van der Waals surface area contributed by atoms with E-state index in [-0.39, 0.29) is 0 Å². The summed E-state index contributed by atoms with van der Waals surface area (Å²) >= 11 is 5.11. The van der Waals surface area contributed by atoms with E-state index in [1.807, 2.05) is 18.5 Å². The lowest BCUT2D eigenvalue weighted by Crippen LogP contribution is -1.99. The van der Waals surface area contributed by atoms with Crippen LogP contribution < -0.4 is 5.32 Å². The molecule has 3 nitrogen and oxygen atoms in total. The van der Waals surface area contributed by atoms with Gasteiger partial charge in [-0.25, -0.2) is 4.98 Å². The van der Waals surface area contributed by atoms with Gasteiger partial charge < -0.3 is 5.32 Å². The SMILES string of the molecule is Cc1ncsc1CNc1ccncc1Br. The molecule has 0 saturated heterocycles. The minimum absolute atomic E-state index is 0.805. The van der Waals surface area contributed by atoms with Gasteiger partial charge in [0.05, 0.1) is 27.9 Å². The number of hydrogen-bond donors (Lipinski definition) is 1. The fraction of sp³-hybridized carbons (Fsp3) is 0.200. The van der Waals surface area contributed by atoms with Gasteiger partial charge in [0.25, 0.3) is 0 Å². The van der Waals surface area contributed by atoms with Gasteiger partial charge in [0, 0.05) is 17.3 Å². The predicted molar refractivity (Wildman–Crippen MR) is 66.1 cm³/mol. The van der Waals surface area contributed by atoms with Crippen molar-refractivity contribution in [3.05, 3.63) is 39.0 Å². The van der Waals surface area contributed by atoms with E-state index in [0.29, 0.717) is 0 Å². The molecule has 0 amide bonds. The van der Waals surface area contributed by atoms with Crippen molar-refractivity contribution >= 4 is 33.0 Å². The Morgan fingerprint density at radius 3 is 3.07 bits per heavy atom. The van der Waals surface area contributed by atoms with Crippen molar-refractivity contribution in [1.82, 2.24) is 9.97 Å². The third-order valence-corrected chi connectivity index (χ3v) is 3.62. The van der Waals surface area contributed by atoms with E-state index < -0.39 is 0 Å². The zero-order valence-corrected chi connectivity index (χ0v) is 10.6. The van der Waals surface area contributed by atoms with Crippen LogP contribution in [0.1, 0.15) is 10.6 Å². The molecule has 0 bridgehead atoms. The zero-order chi connectivity index (χ0) is 10.7. The summed E-state index contributed by atoms with van der Waals surface area (Å²) in [5, 5.41) is 3.34. The Morgan fingerprint density at radius 1 is 1.53 bits per heavy atom. The van der Waals surface area contributed by atoms with E-state index in [2.05, 4.69) is 31.2 Å². The van der Waals surface area contributed by atoms with E-state index in [4.69, 9.17) is 0 Å². The van der Waals surface area contributed by atoms with Gasteiger partial charge >= 0.3 is 0 Å². The molecule has 1 N–H and O–H groups in total. The second kappa shape index (κ2) is 4.72. The summed E-state index contributed by atoms with van der Waals surface area (Å²) in [4.78, 5) is 9.48. The highest BCUT2D eigenvalue weighted by molar-refractivity contribution is 9.10. The summed E-state index contributed by atoms with van der Waals surface area (Å²) < 4.78 is 0.979. The summed E-state index contributed by atoms with van der Waals surface area (Å²) in [6.45, 7) is 2.83. The van der Waals surface area contributed by atoms with Crippen LogP contribution in [-0.2, 0) is 6.54 Å². The van der Waals surface area contributed by atoms with Gasteiger partial charge in [0.15, 0.2) is 0 Å². The molecular formula is C10H10BrN3S. The van der Waals surface area contributed by atoms with Gasteiger partial charge in [-0.3, -0.25) is 4.98 Å². The second-order valence-corrected chi connectivity index (χ2v) is 4.86. The second-order valence-electron chi connectivity index (χ2n) is 3.07. The molecule has 78 valence electrons. The molecule has 15 heavy (non-hydrogen) atoms. The van der Waals surface area contributed by atoms with Crippen LogP contribution >= 0.6 is 27.3 Å². The van der Waals surface area contributed by atoms with Gasteiger partial charge in [-0.15, -0.1) is 11.3 Å². The molecule has 2 aromatic rings. The number of hydrogen-bond acceptors (Lipinski definition) is 4. The van der Waals surface area contributed by atoms with Gasteiger partial charge in [-0.05, 0) is 28.9 Å². The fourth-order valence-corrected chi connectivity index (χ4v) is 2.30. The number of halogens is 1. The molecule has 5 heteroatoms. The summed E-state index contributed by atoms with van der Waals surface area (Å²) in [5.41, 5.74) is 4.02. The molecule has 0 aliphatic rings. The van der Waals surface area contributed by atoms with E-state index >= 15 is 0 Å². The standard InChI is InChI=1S/C10H10BrN3S/c1-7-10(15-6-14-7)5-13-9-2-3-12-4-8(9)11/h2-4,6H,5H2,1H3,(H,12,13). The first-order chi connectivity index (χ1) is 7.27. The van der Waals surface area contributed by atoms with E-state index in [0.717, 1.165) is 22.4 Å². The first kappa shape index (κ1) is 10.6. The molecule has 2 aromatic heterocycles. The lowest BCUT2D eigenvalue weighted by molar-refractivity contribution is 1.11. The van der Waals surface area contributed by atoms with Gasteiger partial charge in [0.1, 0.15) is 0 Å². The van der Waals surface area contributed by atoms with Gasteiger partial charge in [-0.1, -0.05) is 0 Å². The normalized spacial score (nSPS) is 10.3. The highest BCUT2D eigenvalue weighted by Gasteiger charge is 2.02. The van der Waals surface area contributed by atoms with Gasteiger partial charge in [-0.2, -0.15) is 0 Å². The van der Waals surface area contributed by atoms with Gasteiger partial charge in [0.2, 0.25) is 0 Å². The molecule has 0 fully saturated rings. The van der Waals surface area contributed by atoms with Crippen LogP contribution in [-0.4, -0.2) is 9.97 Å². The predicted octanol–water partition coefficient (Wildman–Crippen LogP) is 3.22. The minimum Gasteiger partial charge on any atom is -0.379 e. The Kier molecular flexibility index (Phi) is 3.33. The van der Waals surface area contributed by atoms with Crippen LogP contribution in [0.2, 0.25) is 0 Å². The Labute approximate surface area is 101 Å². The van der Waals surface area contributed by atoms with Crippen molar-refractivity contribution in [1.29, 1.82) is 0 Å². The van der Waals surface area contributed by atoms with Crippen molar-refractivity contribution in [2.24, 2.45) is 0 Å². The number of anilines is 1. The topological polar surface area (TPSA) is 37.8 Å². The van der Waals surface area contributed by atoms with Crippen LogP contribution in [0.25, 0.3) is 0 Å². The van der Waals surface area contributed by atoms with Crippen LogP contribution in [0, 0.1) is 6.92 Å². The van der Waals surface area contributed by atoms with Crippen molar-refractivity contribution in [3.63, 3.8) is 0 Å². The zero-order valence-electron chi connectivity index (χ0n) is 8.20. The van der Waals surface area contributed by atoms with Crippen molar-refractivity contribution < 1.29 is 0 Å². The van der Waals surface area contributed by atoms with E-state index in [1.165, 1.54) is 4.88 Å². The highest BCUT2D eigenvalue weighted by Crippen LogP contribution is 2.21. The number of thiazole rings is 1. The van der Waals surface area contributed by atoms with Crippen LogP contribution in [0.3, 0.4) is 0 Å². The van der Waals surface area contributed by atoms with Crippen LogP contribution in [0.4, 0.5) is 5.69 Å². The fourth-order valence-electron chi connectivity index (χ4n) is 1.19.